The van der Waals surface area contributed by atoms with Gasteiger partial charge in [0.1, 0.15) is 0 Å². The number of aryl methyl sites for hydroxylation is 1. The van der Waals surface area contributed by atoms with Crippen LogP contribution in [0.5, 0.6) is 0 Å². The zero-order valence-corrected chi connectivity index (χ0v) is 11.2. The maximum absolute atomic E-state index is 10.7. The maximum Gasteiger partial charge on any atom is 0.330 e. The van der Waals surface area contributed by atoms with Crippen molar-refractivity contribution >= 4 is 5.97 Å². The normalized spacial score (nSPS) is 11.9. The van der Waals surface area contributed by atoms with Crippen LogP contribution in [0.2, 0.25) is 0 Å². The first-order chi connectivity index (χ1) is 8.52. The van der Waals surface area contributed by atoms with E-state index in [1.807, 2.05) is 25.1 Å². The second-order valence-electron chi connectivity index (χ2n) is 4.29. The Hall–Kier alpha value is -1.68. The predicted octanol–water partition coefficient (Wildman–Crippen LogP) is 2.24. The van der Waals surface area contributed by atoms with Crippen molar-refractivity contribution in [3.05, 3.63) is 41.2 Å². The maximum atomic E-state index is 10.7. The Labute approximate surface area is 108 Å². The van der Waals surface area contributed by atoms with Crippen LogP contribution in [-0.2, 0) is 11.3 Å². The molecule has 1 N–H and O–H groups in total. The molecular formula is C14H20N2O2. The van der Waals surface area contributed by atoms with E-state index in [4.69, 9.17) is 5.11 Å². The number of carboxylic acid groups (broad SMARTS) is 1. The number of nitrogens with zero attached hydrogens (tertiary/aromatic N) is 2. The Morgan fingerprint density at radius 3 is 2.78 bits per heavy atom. The van der Waals surface area contributed by atoms with Gasteiger partial charge in [-0.25, -0.2) is 4.79 Å². The number of rotatable bonds is 6. The molecule has 0 atom stereocenters. The van der Waals surface area contributed by atoms with Crippen LogP contribution < -0.4 is 0 Å². The lowest BCUT2D eigenvalue weighted by Crippen LogP contribution is -2.24. The Balaban J connectivity index is 2.63. The molecule has 1 aromatic rings. The van der Waals surface area contributed by atoms with E-state index in [9.17, 15) is 4.79 Å². The van der Waals surface area contributed by atoms with Crippen LogP contribution in [0.1, 0.15) is 25.2 Å². The molecule has 0 unspecified atom stereocenters. The molecule has 1 rings (SSSR count). The Kier molecular flexibility index (Phi) is 5.52. The molecule has 0 spiro atoms. The zero-order chi connectivity index (χ0) is 13.5. The van der Waals surface area contributed by atoms with Crippen LogP contribution in [0.25, 0.3) is 0 Å². The SMILES string of the molecule is CCN(CC=C(C)C(=O)O)Cc1cccc(C)n1. The fourth-order valence-corrected chi connectivity index (χ4v) is 1.58. The van der Waals surface area contributed by atoms with Crippen LogP contribution in [0, 0.1) is 6.92 Å². The van der Waals surface area contributed by atoms with Crippen molar-refractivity contribution in [3.8, 4) is 0 Å². The third-order valence-electron chi connectivity index (χ3n) is 2.77. The van der Waals surface area contributed by atoms with Crippen molar-refractivity contribution in [3.63, 3.8) is 0 Å². The van der Waals surface area contributed by atoms with E-state index in [0.717, 1.165) is 24.5 Å². The molecule has 0 aliphatic rings. The van der Waals surface area contributed by atoms with Gasteiger partial charge in [0.2, 0.25) is 0 Å². The lowest BCUT2D eigenvalue weighted by molar-refractivity contribution is -0.132. The first-order valence-electron chi connectivity index (χ1n) is 6.08. The van der Waals surface area contributed by atoms with Crippen molar-refractivity contribution < 1.29 is 9.90 Å². The van der Waals surface area contributed by atoms with Crippen molar-refractivity contribution in [2.45, 2.75) is 27.3 Å². The molecule has 0 aliphatic carbocycles. The molecule has 0 amide bonds. The fourth-order valence-electron chi connectivity index (χ4n) is 1.58. The summed E-state index contributed by atoms with van der Waals surface area (Å²) < 4.78 is 0. The summed E-state index contributed by atoms with van der Waals surface area (Å²) in [6.45, 7) is 7.86. The zero-order valence-electron chi connectivity index (χ0n) is 11.2. The van der Waals surface area contributed by atoms with Crippen molar-refractivity contribution in [1.29, 1.82) is 0 Å². The van der Waals surface area contributed by atoms with Gasteiger partial charge in [0.05, 0.1) is 5.69 Å². The molecule has 0 saturated carbocycles. The molecule has 4 heteroatoms. The van der Waals surface area contributed by atoms with Crippen LogP contribution in [0.15, 0.2) is 29.8 Å². The summed E-state index contributed by atoms with van der Waals surface area (Å²) >= 11 is 0. The van der Waals surface area contributed by atoms with Crippen LogP contribution in [0.4, 0.5) is 0 Å². The number of aliphatic carboxylic acids is 1. The average molecular weight is 248 g/mol. The Morgan fingerprint density at radius 2 is 2.22 bits per heavy atom. The standard InChI is InChI=1S/C14H20N2O2/c1-4-16(9-8-11(2)14(17)18)10-13-7-5-6-12(3)15-13/h5-8H,4,9-10H2,1-3H3,(H,17,18). The largest absolute Gasteiger partial charge is 0.478 e. The van der Waals surface area contributed by atoms with Gasteiger partial charge in [-0.2, -0.15) is 0 Å². The predicted molar refractivity (Wildman–Crippen MR) is 71.3 cm³/mol. The summed E-state index contributed by atoms with van der Waals surface area (Å²) in [5.41, 5.74) is 2.39. The van der Waals surface area contributed by atoms with Crippen molar-refractivity contribution in [2.75, 3.05) is 13.1 Å². The first-order valence-corrected chi connectivity index (χ1v) is 6.08. The van der Waals surface area contributed by atoms with E-state index in [1.54, 1.807) is 13.0 Å². The second-order valence-corrected chi connectivity index (χ2v) is 4.29. The number of carbonyl (C=O) groups is 1. The highest BCUT2D eigenvalue weighted by atomic mass is 16.4. The van der Waals surface area contributed by atoms with Crippen molar-refractivity contribution in [1.82, 2.24) is 9.88 Å². The lowest BCUT2D eigenvalue weighted by Gasteiger charge is -2.18. The Bertz CT molecular complexity index is 441. The summed E-state index contributed by atoms with van der Waals surface area (Å²) in [6.07, 6.45) is 1.74. The smallest absolute Gasteiger partial charge is 0.330 e. The highest BCUT2D eigenvalue weighted by Gasteiger charge is 2.05. The first kappa shape index (κ1) is 14.4. The third-order valence-corrected chi connectivity index (χ3v) is 2.77. The number of hydrogen-bond donors (Lipinski definition) is 1. The van der Waals surface area contributed by atoms with Gasteiger partial charge in [-0.15, -0.1) is 0 Å². The van der Waals surface area contributed by atoms with Gasteiger partial charge in [0, 0.05) is 24.4 Å². The minimum absolute atomic E-state index is 0.380. The quantitative estimate of drug-likeness (QED) is 0.784. The van der Waals surface area contributed by atoms with E-state index in [-0.39, 0.29) is 0 Å². The van der Waals surface area contributed by atoms with Gasteiger partial charge in [-0.1, -0.05) is 19.1 Å². The summed E-state index contributed by atoms with van der Waals surface area (Å²) in [4.78, 5) is 17.3. The number of pyridine rings is 1. The molecule has 98 valence electrons. The fraction of sp³-hybridized carbons (Fsp3) is 0.429. The summed E-state index contributed by atoms with van der Waals surface area (Å²) in [6, 6.07) is 5.95. The lowest BCUT2D eigenvalue weighted by atomic mass is 10.2. The number of likely N-dealkylation sites (N-methyl/N-ethyl adjacent to an activating group) is 1. The monoisotopic (exact) mass is 248 g/mol. The Morgan fingerprint density at radius 1 is 1.50 bits per heavy atom. The van der Waals surface area contributed by atoms with Crippen LogP contribution >= 0.6 is 0 Å². The highest BCUT2D eigenvalue weighted by molar-refractivity contribution is 5.85. The van der Waals surface area contributed by atoms with Gasteiger partial charge in [-0.3, -0.25) is 9.88 Å². The second kappa shape index (κ2) is 6.91. The molecule has 1 heterocycles. The topological polar surface area (TPSA) is 53.4 Å². The van der Waals surface area contributed by atoms with E-state index in [1.165, 1.54) is 0 Å². The summed E-state index contributed by atoms with van der Waals surface area (Å²) in [7, 11) is 0. The average Bonchev–Trinajstić information content (AvgIpc) is 2.33. The molecule has 0 saturated heterocycles. The van der Waals surface area contributed by atoms with Crippen LogP contribution in [-0.4, -0.2) is 34.0 Å². The molecular weight excluding hydrogens is 228 g/mol. The van der Waals surface area contributed by atoms with E-state index >= 15 is 0 Å². The minimum Gasteiger partial charge on any atom is -0.478 e. The molecule has 18 heavy (non-hydrogen) atoms. The number of aromatic nitrogens is 1. The van der Waals surface area contributed by atoms with Gasteiger partial charge < -0.3 is 5.11 Å². The minimum atomic E-state index is -0.861. The summed E-state index contributed by atoms with van der Waals surface area (Å²) in [5, 5.41) is 8.79. The molecule has 0 radical (unpaired) electrons. The third kappa shape index (κ3) is 4.67. The molecule has 0 bridgehead atoms. The number of carboxylic acids is 1. The van der Waals surface area contributed by atoms with Crippen LogP contribution in [0.3, 0.4) is 0 Å². The van der Waals surface area contributed by atoms with Gasteiger partial charge in [-0.05, 0) is 32.5 Å². The van der Waals surface area contributed by atoms with Gasteiger partial charge in [0.25, 0.3) is 0 Å². The number of hydrogen-bond acceptors (Lipinski definition) is 3. The highest BCUT2D eigenvalue weighted by Crippen LogP contribution is 2.04. The van der Waals surface area contributed by atoms with Crippen molar-refractivity contribution in [2.24, 2.45) is 0 Å². The van der Waals surface area contributed by atoms with E-state index in [0.29, 0.717) is 12.1 Å². The summed E-state index contributed by atoms with van der Waals surface area (Å²) in [5.74, 6) is -0.861. The molecule has 0 aliphatic heterocycles. The van der Waals surface area contributed by atoms with Gasteiger partial charge >= 0.3 is 5.97 Å². The van der Waals surface area contributed by atoms with E-state index in [2.05, 4.69) is 16.8 Å². The molecule has 0 aromatic carbocycles. The molecule has 1 aromatic heterocycles. The molecule has 0 fully saturated rings. The van der Waals surface area contributed by atoms with E-state index < -0.39 is 5.97 Å². The molecule has 4 nitrogen and oxygen atoms in total. The van der Waals surface area contributed by atoms with Gasteiger partial charge in [0.15, 0.2) is 0 Å².